The Bertz CT molecular complexity index is 597. The molecule has 2 aromatic rings. The third-order valence-corrected chi connectivity index (χ3v) is 3.94. The van der Waals surface area contributed by atoms with Gasteiger partial charge in [-0.3, -0.25) is 0 Å². The topological polar surface area (TPSA) is 32.3 Å². The van der Waals surface area contributed by atoms with Gasteiger partial charge in [-0.15, -0.1) is 0 Å². The van der Waals surface area contributed by atoms with E-state index in [1.165, 1.54) is 12.1 Å². The molecule has 0 spiro atoms. The van der Waals surface area contributed by atoms with Gasteiger partial charge in [-0.2, -0.15) is 0 Å². The average Bonchev–Trinajstić information content (AvgIpc) is 2.37. The minimum atomic E-state index is -0.694. The van der Waals surface area contributed by atoms with Crippen LogP contribution in [-0.2, 0) is 5.54 Å². The van der Waals surface area contributed by atoms with Crippen molar-refractivity contribution in [2.24, 2.45) is 0 Å². The molecule has 0 saturated heterocycles. The summed E-state index contributed by atoms with van der Waals surface area (Å²) >= 11 is 3.49. The van der Waals surface area contributed by atoms with Crippen molar-refractivity contribution in [2.45, 2.75) is 19.4 Å². The number of rotatable bonds is 4. The van der Waals surface area contributed by atoms with Gasteiger partial charge in [0.1, 0.15) is 5.82 Å². The normalized spacial score (nSPS) is 13.8. The molecule has 0 saturated carbocycles. The summed E-state index contributed by atoms with van der Waals surface area (Å²) in [6, 6.07) is 12.4. The molecule has 0 aliphatic rings. The van der Waals surface area contributed by atoms with E-state index >= 15 is 0 Å². The molecule has 0 bridgehead atoms. The molecule has 0 radical (unpaired) electrons. The number of benzene rings is 2. The second-order valence-electron chi connectivity index (χ2n) is 5.11. The molecule has 0 fully saturated rings. The van der Waals surface area contributed by atoms with Crippen molar-refractivity contribution in [1.29, 1.82) is 0 Å². The van der Waals surface area contributed by atoms with Crippen LogP contribution in [0.3, 0.4) is 0 Å². The van der Waals surface area contributed by atoms with Crippen molar-refractivity contribution in [1.82, 2.24) is 0 Å². The van der Waals surface area contributed by atoms with Crippen LogP contribution in [0.2, 0.25) is 0 Å². The second kappa shape index (κ2) is 5.94. The van der Waals surface area contributed by atoms with Crippen LogP contribution in [0.25, 0.3) is 0 Å². The van der Waals surface area contributed by atoms with Crippen LogP contribution in [0.15, 0.2) is 46.9 Å². The molecule has 1 unspecified atom stereocenters. The third kappa shape index (κ3) is 3.19. The molecule has 1 atom stereocenters. The summed E-state index contributed by atoms with van der Waals surface area (Å²) in [6.45, 7) is 3.61. The molecule has 2 rings (SSSR count). The van der Waals surface area contributed by atoms with Gasteiger partial charge >= 0.3 is 0 Å². The number of halogens is 2. The number of anilines is 1. The first-order valence-corrected chi connectivity index (χ1v) is 7.15. The molecular weight excluding hydrogens is 321 g/mol. The van der Waals surface area contributed by atoms with E-state index in [2.05, 4.69) is 21.2 Å². The summed E-state index contributed by atoms with van der Waals surface area (Å²) in [5.74, 6) is -0.292. The Morgan fingerprint density at radius 2 is 1.95 bits per heavy atom. The minimum absolute atomic E-state index is 0.106. The van der Waals surface area contributed by atoms with Crippen LogP contribution in [0, 0.1) is 12.7 Å². The third-order valence-electron chi connectivity index (χ3n) is 3.25. The summed E-state index contributed by atoms with van der Waals surface area (Å²) in [5.41, 5.74) is 1.71. The molecule has 0 heterocycles. The highest BCUT2D eigenvalue weighted by atomic mass is 79.9. The monoisotopic (exact) mass is 337 g/mol. The number of aryl methyl sites for hydroxylation is 1. The first kappa shape index (κ1) is 15.0. The zero-order valence-corrected chi connectivity index (χ0v) is 13.0. The number of aliphatic hydroxyl groups excluding tert-OH is 1. The zero-order valence-electron chi connectivity index (χ0n) is 11.5. The maximum Gasteiger partial charge on any atom is 0.125 e. The van der Waals surface area contributed by atoms with E-state index in [9.17, 15) is 9.50 Å². The average molecular weight is 338 g/mol. The maximum absolute atomic E-state index is 13.5. The van der Waals surface area contributed by atoms with Gasteiger partial charge in [0.05, 0.1) is 12.1 Å². The largest absolute Gasteiger partial charge is 0.394 e. The fraction of sp³-hybridized carbons (Fsp3) is 0.250. The maximum atomic E-state index is 13.5. The Morgan fingerprint density at radius 3 is 2.55 bits per heavy atom. The van der Waals surface area contributed by atoms with Crippen LogP contribution in [0.5, 0.6) is 0 Å². The smallest absolute Gasteiger partial charge is 0.125 e. The molecule has 2 aromatic carbocycles. The molecular formula is C16H17BrFNO. The van der Waals surface area contributed by atoms with Crippen LogP contribution in [-0.4, -0.2) is 11.7 Å². The van der Waals surface area contributed by atoms with Crippen LogP contribution < -0.4 is 5.32 Å². The molecule has 2 N–H and O–H groups in total. The summed E-state index contributed by atoms with van der Waals surface area (Å²) in [6.07, 6.45) is 0. The van der Waals surface area contributed by atoms with Crippen molar-refractivity contribution in [2.75, 3.05) is 11.9 Å². The quantitative estimate of drug-likeness (QED) is 0.875. The minimum Gasteiger partial charge on any atom is -0.394 e. The molecule has 2 nitrogen and oxygen atoms in total. The standard InChI is InChI=1S/C16H17BrFNO/c1-11-7-12(18)9-13(8-11)19-16(2,10-20)14-5-3-4-6-15(14)17/h3-9,19-20H,10H2,1-2H3. The van der Waals surface area contributed by atoms with Crippen molar-refractivity contribution < 1.29 is 9.50 Å². The molecule has 106 valence electrons. The lowest BCUT2D eigenvalue weighted by molar-refractivity contribution is 0.223. The predicted octanol–water partition coefficient (Wildman–Crippen LogP) is 4.22. The molecule has 0 aliphatic carbocycles. The van der Waals surface area contributed by atoms with Gasteiger partial charge in [0, 0.05) is 10.2 Å². The summed E-state index contributed by atoms with van der Waals surface area (Å²) in [4.78, 5) is 0. The van der Waals surface area contributed by atoms with Crippen LogP contribution in [0.1, 0.15) is 18.1 Å². The van der Waals surface area contributed by atoms with Crippen molar-refractivity contribution in [3.63, 3.8) is 0 Å². The van der Waals surface area contributed by atoms with Gasteiger partial charge < -0.3 is 10.4 Å². The van der Waals surface area contributed by atoms with E-state index in [4.69, 9.17) is 0 Å². The van der Waals surface area contributed by atoms with Gasteiger partial charge in [-0.05, 0) is 49.2 Å². The highest BCUT2D eigenvalue weighted by Crippen LogP contribution is 2.31. The number of aliphatic hydroxyl groups is 1. The number of hydrogen-bond donors (Lipinski definition) is 2. The predicted molar refractivity (Wildman–Crippen MR) is 83.3 cm³/mol. The molecule has 20 heavy (non-hydrogen) atoms. The van der Waals surface area contributed by atoms with Crippen LogP contribution in [0.4, 0.5) is 10.1 Å². The highest BCUT2D eigenvalue weighted by Gasteiger charge is 2.27. The van der Waals surface area contributed by atoms with Gasteiger partial charge in [-0.25, -0.2) is 4.39 Å². The fourth-order valence-electron chi connectivity index (χ4n) is 2.23. The SMILES string of the molecule is Cc1cc(F)cc(NC(C)(CO)c2ccccc2Br)c1. The Morgan fingerprint density at radius 1 is 1.25 bits per heavy atom. The lowest BCUT2D eigenvalue weighted by Crippen LogP contribution is -2.36. The Kier molecular flexibility index (Phi) is 4.45. The van der Waals surface area contributed by atoms with E-state index in [1.807, 2.05) is 44.2 Å². The van der Waals surface area contributed by atoms with Gasteiger partial charge in [0.15, 0.2) is 0 Å². The highest BCUT2D eigenvalue weighted by molar-refractivity contribution is 9.10. The van der Waals surface area contributed by atoms with Crippen molar-refractivity contribution >= 4 is 21.6 Å². The summed E-state index contributed by atoms with van der Waals surface area (Å²) in [5, 5.41) is 13.0. The number of hydrogen-bond acceptors (Lipinski definition) is 2. The van der Waals surface area contributed by atoms with Crippen LogP contribution >= 0.6 is 15.9 Å². The summed E-state index contributed by atoms with van der Waals surface area (Å²) in [7, 11) is 0. The van der Waals surface area contributed by atoms with E-state index in [0.717, 1.165) is 15.6 Å². The second-order valence-corrected chi connectivity index (χ2v) is 5.97. The molecule has 4 heteroatoms. The zero-order chi connectivity index (χ0) is 14.8. The molecule has 0 aromatic heterocycles. The Hall–Kier alpha value is -1.39. The van der Waals surface area contributed by atoms with Crippen molar-refractivity contribution in [3.8, 4) is 0 Å². The van der Waals surface area contributed by atoms with Gasteiger partial charge in [0.25, 0.3) is 0 Å². The van der Waals surface area contributed by atoms with Crippen molar-refractivity contribution in [3.05, 3.63) is 63.9 Å². The number of nitrogens with one attached hydrogen (secondary N) is 1. The lowest BCUT2D eigenvalue weighted by atomic mass is 9.92. The Labute approximate surface area is 126 Å². The lowest BCUT2D eigenvalue weighted by Gasteiger charge is -2.31. The van der Waals surface area contributed by atoms with E-state index in [0.29, 0.717) is 5.69 Å². The molecule has 0 amide bonds. The van der Waals surface area contributed by atoms with E-state index < -0.39 is 5.54 Å². The first-order chi connectivity index (χ1) is 9.44. The van der Waals surface area contributed by atoms with E-state index in [-0.39, 0.29) is 12.4 Å². The fourth-order valence-corrected chi connectivity index (χ4v) is 2.95. The van der Waals surface area contributed by atoms with E-state index in [1.54, 1.807) is 0 Å². The van der Waals surface area contributed by atoms with Gasteiger partial charge in [-0.1, -0.05) is 34.1 Å². The first-order valence-electron chi connectivity index (χ1n) is 6.36. The molecule has 0 aliphatic heterocycles. The van der Waals surface area contributed by atoms with Gasteiger partial charge in [0.2, 0.25) is 0 Å². The Balaban J connectivity index is 2.39. The summed E-state index contributed by atoms with van der Waals surface area (Å²) < 4.78 is 14.4.